The first-order valence-electron chi connectivity index (χ1n) is 7.27. The maximum Gasteiger partial charge on any atom is 0.191 e. The van der Waals surface area contributed by atoms with Gasteiger partial charge in [-0.2, -0.15) is 0 Å². The average Bonchev–Trinajstić information content (AvgIpc) is 2.93. The largest absolute Gasteiger partial charge is 0.363 e. The predicted molar refractivity (Wildman–Crippen MR) is 106 cm³/mol. The number of hydrogen-bond donors (Lipinski definition) is 2. The van der Waals surface area contributed by atoms with Crippen molar-refractivity contribution in [1.82, 2.24) is 20.2 Å². The quantitative estimate of drug-likeness (QED) is 0.435. The summed E-state index contributed by atoms with van der Waals surface area (Å²) >= 11 is 0. The van der Waals surface area contributed by atoms with Crippen LogP contribution < -0.4 is 15.5 Å². The van der Waals surface area contributed by atoms with E-state index in [0.717, 1.165) is 24.0 Å². The number of nitrogens with one attached hydrogen (secondary N) is 2. The Hall–Kier alpha value is -1.77. The van der Waals surface area contributed by atoms with Crippen LogP contribution in [0.3, 0.4) is 0 Å². The number of aromatic nitrogens is 2. The van der Waals surface area contributed by atoms with Crippen LogP contribution in [0, 0.1) is 0 Å². The molecule has 0 aromatic carbocycles. The van der Waals surface area contributed by atoms with Crippen LogP contribution in [-0.2, 0) is 20.1 Å². The third kappa shape index (κ3) is 6.09. The van der Waals surface area contributed by atoms with Crippen molar-refractivity contribution >= 4 is 35.8 Å². The summed E-state index contributed by atoms with van der Waals surface area (Å²) in [6, 6.07) is 8.10. The number of pyridine rings is 1. The number of aryl methyl sites for hydroxylation is 1. The molecule has 2 N–H and O–H groups in total. The van der Waals surface area contributed by atoms with E-state index in [1.165, 1.54) is 5.56 Å². The van der Waals surface area contributed by atoms with E-state index in [-0.39, 0.29) is 24.0 Å². The van der Waals surface area contributed by atoms with Gasteiger partial charge in [-0.05, 0) is 23.8 Å². The molecule has 0 bridgehead atoms. The van der Waals surface area contributed by atoms with Crippen molar-refractivity contribution in [3.63, 3.8) is 0 Å². The van der Waals surface area contributed by atoms with Gasteiger partial charge < -0.3 is 20.1 Å². The summed E-state index contributed by atoms with van der Waals surface area (Å²) in [5.74, 6) is 1.72. The molecule has 0 saturated carbocycles. The summed E-state index contributed by atoms with van der Waals surface area (Å²) in [7, 11) is 7.75. The SMILES string of the molecule is CN=C(NCc1ccn(C)c1)NCc1cccc(N(C)C)n1.I. The first-order valence-corrected chi connectivity index (χ1v) is 7.27. The zero-order chi connectivity index (χ0) is 15.9. The van der Waals surface area contributed by atoms with Crippen molar-refractivity contribution in [2.75, 3.05) is 26.0 Å². The number of anilines is 1. The molecule has 0 amide bonds. The second-order valence-electron chi connectivity index (χ2n) is 5.35. The lowest BCUT2D eigenvalue weighted by Gasteiger charge is -2.14. The number of aliphatic imine (C=N–C) groups is 1. The Balaban J connectivity index is 0.00000264. The number of hydrogen-bond acceptors (Lipinski definition) is 3. The fourth-order valence-electron chi connectivity index (χ4n) is 2.06. The first kappa shape index (κ1) is 19.3. The van der Waals surface area contributed by atoms with E-state index >= 15 is 0 Å². The molecule has 2 heterocycles. The van der Waals surface area contributed by atoms with Gasteiger partial charge in [-0.3, -0.25) is 4.99 Å². The molecule has 0 aliphatic rings. The van der Waals surface area contributed by atoms with Crippen LogP contribution >= 0.6 is 24.0 Å². The Morgan fingerprint density at radius 3 is 2.57 bits per heavy atom. The predicted octanol–water partition coefficient (Wildman–Crippen LogP) is 1.97. The highest BCUT2D eigenvalue weighted by molar-refractivity contribution is 14.0. The lowest BCUT2D eigenvalue weighted by molar-refractivity contribution is 0.791. The number of halogens is 1. The van der Waals surface area contributed by atoms with E-state index in [4.69, 9.17) is 0 Å². The molecule has 0 aliphatic heterocycles. The molecular weight excluding hydrogens is 403 g/mol. The second-order valence-corrected chi connectivity index (χ2v) is 5.35. The van der Waals surface area contributed by atoms with Gasteiger partial charge in [0.25, 0.3) is 0 Å². The van der Waals surface area contributed by atoms with E-state index in [9.17, 15) is 0 Å². The molecule has 126 valence electrons. The molecule has 2 aromatic heterocycles. The Bertz CT molecular complexity index is 635. The molecular formula is C16H25IN6. The normalized spacial score (nSPS) is 10.9. The zero-order valence-electron chi connectivity index (χ0n) is 14.1. The van der Waals surface area contributed by atoms with E-state index in [2.05, 4.69) is 32.9 Å². The van der Waals surface area contributed by atoms with Crippen LogP contribution in [-0.4, -0.2) is 36.7 Å². The standard InChI is InChI=1S/C16H24N6.HI/c1-17-16(18-10-13-8-9-22(4)12-13)19-11-14-6-5-7-15(20-14)21(2)3;/h5-9,12H,10-11H2,1-4H3,(H2,17,18,19);1H. The van der Waals surface area contributed by atoms with Crippen LogP contribution in [0.25, 0.3) is 0 Å². The third-order valence-corrected chi connectivity index (χ3v) is 3.26. The van der Waals surface area contributed by atoms with Crippen molar-refractivity contribution in [1.29, 1.82) is 0 Å². The minimum atomic E-state index is 0. The van der Waals surface area contributed by atoms with Gasteiger partial charge in [-0.15, -0.1) is 24.0 Å². The zero-order valence-corrected chi connectivity index (χ0v) is 16.4. The Morgan fingerprint density at radius 2 is 1.96 bits per heavy atom. The van der Waals surface area contributed by atoms with E-state index in [1.54, 1.807) is 7.05 Å². The Labute approximate surface area is 155 Å². The molecule has 2 aromatic rings. The molecule has 6 nitrogen and oxygen atoms in total. The maximum atomic E-state index is 4.58. The van der Waals surface area contributed by atoms with Crippen molar-refractivity contribution in [2.24, 2.45) is 12.0 Å². The van der Waals surface area contributed by atoms with Gasteiger partial charge in [0.15, 0.2) is 5.96 Å². The topological polar surface area (TPSA) is 57.5 Å². The van der Waals surface area contributed by atoms with Crippen molar-refractivity contribution < 1.29 is 0 Å². The summed E-state index contributed by atoms with van der Waals surface area (Å²) in [6.07, 6.45) is 4.12. The van der Waals surface area contributed by atoms with E-state index in [0.29, 0.717) is 6.54 Å². The lowest BCUT2D eigenvalue weighted by Crippen LogP contribution is -2.36. The fourth-order valence-corrected chi connectivity index (χ4v) is 2.06. The highest BCUT2D eigenvalue weighted by atomic mass is 127. The van der Waals surface area contributed by atoms with Gasteiger partial charge >= 0.3 is 0 Å². The average molecular weight is 428 g/mol. The molecule has 0 aliphatic carbocycles. The Kier molecular flexibility index (Phi) is 7.87. The van der Waals surface area contributed by atoms with Crippen LogP contribution in [0.2, 0.25) is 0 Å². The van der Waals surface area contributed by atoms with Gasteiger partial charge in [0.2, 0.25) is 0 Å². The molecule has 2 rings (SSSR count). The molecule has 23 heavy (non-hydrogen) atoms. The minimum Gasteiger partial charge on any atom is -0.363 e. The Morgan fingerprint density at radius 1 is 1.22 bits per heavy atom. The highest BCUT2D eigenvalue weighted by Gasteiger charge is 2.02. The molecule has 7 heteroatoms. The molecule has 0 atom stereocenters. The van der Waals surface area contributed by atoms with Crippen LogP contribution in [0.5, 0.6) is 0 Å². The van der Waals surface area contributed by atoms with Gasteiger partial charge in [-0.1, -0.05) is 6.07 Å². The molecule has 0 radical (unpaired) electrons. The molecule has 0 saturated heterocycles. The van der Waals surface area contributed by atoms with Gasteiger partial charge in [0.1, 0.15) is 5.82 Å². The fraction of sp³-hybridized carbons (Fsp3) is 0.375. The monoisotopic (exact) mass is 428 g/mol. The van der Waals surface area contributed by atoms with Crippen molar-refractivity contribution in [3.05, 3.63) is 47.9 Å². The first-order chi connectivity index (χ1) is 10.6. The summed E-state index contributed by atoms with van der Waals surface area (Å²) < 4.78 is 2.03. The van der Waals surface area contributed by atoms with Crippen LogP contribution in [0.1, 0.15) is 11.3 Å². The molecule has 0 unspecified atom stereocenters. The maximum absolute atomic E-state index is 4.58. The summed E-state index contributed by atoms with van der Waals surface area (Å²) in [5.41, 5.74) is 2.20. The summed E-state index contributed by atoms with van der Waals surface area (Å²) in [4.78, 5) is 10.8. The third-order valence-electron chi connectivity index (χ3n) is 3.26. The lowest BCUT2D eigenvalue weighted by atomic mass is 10.3. The van der Waals surface area contributed by atoms with Crippen LogP contribution in [0.4, 0.5) is 5.82 Å². The number of nitrogens with zero attached hydrogens (tertiary/aromatic N) is 4. The van der Waals surface area contributed by atoms with Gasteiger partial charge in [-0.25, -0.2) is 4.98 Å². The van der Waals surface area contributed by atoms with E-state index < -0.39 is 0 Å². The smallest absolute Gasteiger partial charge is 0.191 e. The molecule has 0 fully saturated rings. The van der Waals surface area contributed by atoms with Gasteiger partial charge in [0.05, 0.1) is 12.2 Å². The van der Waals surface area contributed by atoms with E-state index in [1.807, 2.05) is 55.0 Å². The van der Waals surface area contributed by atoms with Crippen molar-refractivity contribution in [2.45, 2.75) is 13.1 Å². The van der Waals surface area contributed by atoms with Gasteiger partial charge in [0, 0.05) is 47.1 Å². The van der Waals surface area contributed by atoms with Crippen molar-refractivity contribution in [3.8, 4) is 0 Å². The van der Waals surface area contributed by atoms with Crippen LogP contribution in [0.15, 0.2) is 41.7 Å². The highest BCUT2D eigenvalue weighted by Crippen LogP contribution is 2.07. The second kappa shape index (κ2) is 9.39. The molecule has 0 spiro atoms. The summed E-state index contributed by atoms with van der Waals surface area (Å²) in [6.45, 7) is 1.38. The number of rotatable bonds is 5. The summed E-state index contributed by atoms with van der Waals surface area (Å²) in [5, 5.41) is 6.57. The minimum absolute atomic E-state index is 0. The number of guanidine groups is 1.